The van der Waals surface area contributed by atoms with Crippen LogP contribution in [0.25, 0.3) is 0 Å². The van der Waals surface area contributed by atoms with Crippen LogP contribution in [0.3, 0.4) is 0 Å². The number of hydrogen-bond donors (Lipinski definition) is 2. The lowest BCUT2D eigenvalue weighted by atomic mass is 9.85. The highest BCUT2D eigenvalue weighted by atomic mass is 16.4. The molecular formula is C13H23N3O3. The summed E-state index contributed by atoms with van der Waals surface area (Å²) in [5.41, 5.74) is 0. The number of nitrogens with one attached hydrogen (secondary N) is 1. The van der Waals surface area contributed by atoms with Gasteiger partial charge in [-0.1, -0.05) is 6.42 Å². The smallest absolute Gasteiger partial charge is 0.317 e. The summed E-state index contributed by atoms with van der Waals surface area (Å²) in [5.74, 6) is -0.0820. The number of nitrogens with zero attached hydrogens (tertiary/aromatic N) is 2. The Balaban J connectivity index is 1.61. The highest BCUT2D eigenvalue weighted by molar-refractivity contribution is 5.74. The second-order valence-corrected chi connectivity index (χ2v) is 5.46. The SMILES string of the molecule is O=C(O)CCN1CCN(C(=O)NCC2CCC2)CC1. The second-order valence-electron chi connectivity index (χ2n) is 5.46. The van der Waals surface area contributed by atoms with Gasteiger partial charge >= 0.3 is 12.0 Å². The van der Waals surface area contributed by atoms with E-state index in [0.717, 1.165) is 19.6 Å². The van der Waals surface area contributed by atoms with Gasteiger partial charge in [0, 0.05) is 39.3 Å². The van der Waals surface area contributed by atoms with E-state index in [2.05, 4.69) is 10.2 Å². The van der Waals surface area contributed by atoms with E-state index < -0.39 is 5.97 Å². The van der Waals surface area contributed by atoms with Crippen LogP contribution in [-0.4, -0.2) is 66.2 Å². The van der Waals surface area contributed by atoms with Crippen LogP contribution in [0.2, 0.25) is 0 Å². The molecule has 2 rings (SSSR count). The molecule has 0 spiro atoms. The topological polar surface area (TPSA) is 72.9 Å². The normalized spacial score (nSPS) is 20.9. The first-order valence-electron chi connectivity index (χ1n) is 7.12. The predicted molar refractivity (Wildman–Crippen MR) is 71.0 cm³/mol. The molecule has 6 nitrogen and oxygen atoms in total. The van der Waals surface area contributed by atoms with Crippen molar-refractivity contribution in [3.8, 4) is 0 Å². The molecule has 1 saturated carbocycles. The van der Waals surface area contributed by atoms with E-state index in [1.807, 2.05) is 4.90 Å². The Labute approximate surface area is 113 Å². The Morgan fingerprint density at radius 3 is 2.37 bits per heavy atom. The minimum absolute atomic E-state index is 0.0322. The number of piperazine rings is 1. The van der Waals surface area contributed by atoms with Crippen LogP contribution < -0.4 is 5.32 Å². The highest BCUT2D eigenvalue weighted by Gasteiger charge is 2.23. The molecule has 0 bridgehead atoms. The quantitative estimate of drug-likeness (QED) is 0.766. The Kier molecular flexibility index (Phi) is 5.01. The molecule has 2 amide bonds. The number of rotatable bonds is 5. The van der Waals surface area contributed by atoms with Gasteiger partial charge in [0.25, 0.3) is 0 Å². The fourth-order valence-corrected chi connectivity index (χ4v) is 2.47. The summed E-state index contributed by atoms with van der Waals surface area (Å²) >= 11 is 0. The maximum absolute atomic E-state index is 11.9. The van der Waals surface area contributed by atoms with Crippen molar-refractivity contribution >= 4 is 12.0 Å². The number of urea groups is 1. The molecular weight excluding hydrogens is 246 g/mol. The van der Waals surface area contributed by atoms with Gasteiger partial charge in [0.15, 0.2) is 0 Å². The number of carbonyl (C=O) groups is 2. The average Bonchev–Trinajstić information content (AvgIpc) is 2.35. The summed E-state index contributed by atoms with van der Waals surface area (Å²) in [6, 6.07) is 0.0322. The van der Waals surface area contributed by atoms with Gasteiger partial charge in [-0.2, -0.15) is 0 Å². The van der Waals surface area contributed by atoms with Gasteiger partial charge in [-0.05, 0) is 18.8 Å². The molecule has 108 valence electrons. The van der Waals surface area contributed by atoms with Crippen molar-refractivity contribution in [3.05, 3.63) is 0 Å². The maximum atomic E-state index is 11.9. The maximum Gasteiger partial charge on any atom is 0.317 e. The van der Waals surface area contributed by atoms with E-state index >= 15 is 0 Å². The lowest BCUT2D eigenvalue weighted by Gasteiger charge is -2.35. The third-order valence-corrected chi connectivity index (χ3v) is 4.07. The molecule has 1 saturated heterocycles. The number of carboxylic acids is 1. The average molecular weight is 269 g/mol. The monoisotopic (exact) mass is 269 g/mol. The van der Waals surface area contributed by atoms with Crippen molar-refractivity contribution in [3.63, 3.8) is 0 Å². The van der Waals surface area contributed by atoms with E-state index in [-0.39, 0.29) is 12.5 Å². The molecule has 0 unspecified atom stereocenters. The van der Waals surface area contributed by atoms with E-state index in [4.69, 9.17) is 5.11 Å². The Morgan fingerprint density at radius 2 is 1.84 bits per heavy atom. The number of carbonyl (C=O) groups excluding carboxylic acids is 1. The van der Waals surface area contributed by atoms with Gasteiger partial charge in [-0.25, -0.2) is 4.79 Å². The first kappa shape index (κ1) is 14.1. The van der Waals surface area contributed by atoms with E-state index in [1.54, 1.807) is 0 Å². The number of carboxylic acid groups (broad SMARTS) is 1. The van der Waals surface area contributed by atoms with Crippen LogP contribution in [0.15, 0.2) is 0 Å². The fourth-order valence-electron chi connectivity index (χ4n) is 2.47. The lowest BCUT2D eigenvalue weighted by Crippen LogP contribution is -2.52. The van der Waals surface area contributed by atoms with Gasteiger partial charge in [-0.15, -0.1) is 0 Å². The molecule has 6 heteroatoms. The summed E-state index contributed by atoms with van der Waals surface area (Å²) in [6.07, 6.45) is 3.95. The number of hydrogen-bond acceptors (Lipinski definition) is 3. The fraction of sp³-hybridized carbons (Fsp3) is 0.846. The van der Waals surface area contributed by atoms with Gasteiger partial charge < -0.3 is 15.3 Å². The zero-order valence-corrected chi connectivity index (χ0v) is 11.3. The minimum Gasteiger partial charge on any atom is -0.481 e. The first-order chi connectivity index (χ1) is 9.15. The summed E-state index contributed by atoms with van der Waals surface area (Å²) in [7, 11) is 0. The zero-order valence-electron chi connectivity index (χ0n) is 11.3. The number of amides is 2. The first-order valence-corrected chi connectivity index (χ1v) is 7.12. The molecule has 0 aromatic heterocycles. The Hall–Kier alpha value is -1.30. The van der Waals surface area contributed by atoms with Crippen LogP contribution >= 0.6 is 0 Å². The largest absolute Gasteiger partial charge is 0.481 e. The summed E-state index contributed by atoms with van der Waals surface area (Å²) in [4.78, 5) is 26.3. The van der Waals surface area contributed by atoms with Gasteiger partial charge in [-0.3, -0.25) is 9.69 Å². The molecule has 2 N–H and O–H groups in total. The molecule has 2 aliphatic rings. The molecule has 1 aliphatic heterocycles. The van der Waals surface area contributed by atoms with Gasteiger partial charge in [0.1, 0.15) is 0 Å². The van der Waals surface area contributed by atoms with E-state index in [9.17, 15) is 9.59 Å². The van der Waals surface area contributed by atoms with Crippen LogP contribution in [-0.2, 0) is 4.79 Å². The van der Waals surface area contributed by atoms with Crippen molar-refractivity contribution in [1.29, 1.82) is 0 Å². The van der Waals surface area contributed by atoms with E-state index in [1.165, 1.54) is 19.3 Å². The number of aliphatic carboxylic acids is 1. The van der Waals surface area contributed by atoms with Crippen molar-refractivity contribution in [2.24, 2.45) is 5.92 Å². The second kappa shape index (κ2) is 6.75. The molecule has 0 atom stereocenters. The molecule has 0 aromatic carbocycles. The molecule has 19 heavy (non-hydrogen) atoms. The van der Waals surface area contributed by atoms with Crippen molar-refractivity contribution in [1.82, 2.24) is 15.1 Å². The summed E-state index contributed by atoms with van der Waals surface area (Å²) in [5, 5.41) is 11.6. The van der Waals surface area contributed by atoms with Crippen LogP contribution in [0.4, 0.5) is 4.79 Å². The molecule has 0 aromatic rings. The predicted octanol–water partition coefficient (Wildman–Crippen LogP) is 0.588. The molecule has 1 aliphatic carbocycles. The van der Waals surface area contributed by atoms with Crippen molar-refractivity contribution < 1.29 is 14.7 Å². The molecule has 0 radical (unpaired) electrons. The highest BCUT2D eigenvalue weighted by Crippen LogP contribution is 2.25. The molecule has 2 fully saturated rings. The summed E-state index contributed by atoms with van der Waals surface area (Å²) < 4.78 is 0. The Bertz CT molecular complexity index is 323. The van der Waals surface area contributed by atoms with Crippen molar-refractivity contribution in [2.75, 3.05) is 39.3 Å². The van der Waals surface area contributed by atoms with Crippen LogP contribution in [0, 0.1) is 5.92 Å². The Morgan fingerprint density at radius 1 is 1.16 bits per heavy atom. The zero-order chi connectivity index (χ0) is 13.7. The van der Waals surface area contributed by atoms with Crippen molar-refractivity contribution in [2.45, 2.75) is 25.7 Å². The third kappa shape index (κ3) is 4.38. The summed E-state index contributed by atoms with van der Waals surface area (Å²) in [6.45, 7) is 4.30. The van der Waals surface area contributed by atoms with Gasteiger partial charge in [0.05, 0.1) is 6.42 Å². The van der Waals surface area contributed by atoms with Crippen LogP contribution in [0.1, 0.15) is 25.7 Å². The van der Waals surface area contributed by atoms with E-state index in [0.29, 0.717) is 25.6 Å². The third-order valence-electron chi connectivity index (χ3n) is 4.07. The van der Waals surface area contributed by atoms with Crippen LogP contribution in [0.5, 0.6) is 0 Å². The lowest BCUT2D eigenvalue weighted by molar-refractivity contribution is -0.137. The molecule has 1 heterocycles. The standard InChI is InChI=1S/C13H23N3O3/c17-12(18)4-5-15-6-8-16(9-7-15)13(19)14-10-11-2-1-3-11/h11H,1-10H2,(H,14,19)(H,17,18). The van der Waals surface area contributed by atoms with Gasteiger partial charge in [0.2, 0.25) is 0 Å². The minimum atomic E-state index is -0.763.